The Morgan fingerprint density at radius 3 is 1.89 bits per heavy atom. The molecule has 0 saturated carbocycles. The van der Waals surface area contributed by atoms with Gasteiger partial charge in [0.1, 0.15) is 36.0 Å². The third kappa shape index (κ3) is 13.7. The number of phenols is 1. The molecule has 0 unspecified atom stereocenters. The summed E-state index contributed by atoms with van der Waals surface area (Å²) in [7, 11) is 0. The SMILES string of the molecule is NCCCC[C@H](NC(=O)[C@@H]1CCCN1C(=O)[C@H](CCCCN)NC(=O)[C@H](Cc1ccc(O)cc1)NC(=O)[C@@H]1C[C@@H](O)CN1C(=O)[C@@H](N)CCCCN)C(=O)O. The number of aliphatic hydroxyl groups excluding tert-OH is 1. The van der Waals surface area contributed by atoms with Crippen LogP contribution in [0.4, 0.5) is 0 Å². The molecule has 0 radical (unpaired) electrons. The van der Waals surface area contributed by atoms with Crippen LogP contribution in [0.15, 0.2) is 24.3 Å². The minimum Gasteiger partial charge on any atom is -0.508 e. The van der Waals surface area contributed by atoms with Crippen LogP contribution in [0.1, 0.15) is 82.6 Å². The molecule has 0 aromatic heterocycles. The number of aliphatic hydroxyl groups is 1. The van der Waals surface area contributed by atoms with Gasteiger partial charge in [0.05, 0.1) is 12.1 Å². The van der Waals surface area contributed by atoms with Crippen LogP contribution >= 0.6 is 0 Å². The van der Waals surface area contributed by atoms with Crippen molar-refractivity contribution < 1.29 is 44.1 Å². The van der Waals surface area contributed by atoms with Crippen LogP contribution in [-0.4, -0.2) is 136 Å². The van der Waals surface area contributed by atoms with Gasteiger partial charge in [-0.15, -0.1) is 0 Å². The molecular formula is C37H61N9O9. The summed E-state index contributed by atoms with van der Waals surface area (Å²) in [5, 5.41) is 38.1. The molecule has 18 heteroatoms. The molecular weight excluding hydrogens is 714 g/mol. The first-order valence-electron chi connectivity index (χ1n) is 19.4. The number of carboxylic acids is 1. The lowest BCUT2D eigenvalue weighted by atomic mass is 10.0. The standard InChI is InChI=1S/C37H61N9O9/c38-16-4-1-8-26(41)35(52)46-22-25(48)21-31(46)34(51)44-29(20-23-12-14-24(47)15-13-23)32(49)42-27(9-2-5-17-39)36(53)45-19-7-11-30(45)33(50)43-28(37(54)55)10-3-6-18-40/h12-15,25-31,47-48H,1-11,16-22,38-41H2,(H,42,49)(H,43,50)(H,44,51)(H,54,55)/t25-,26+,27+,28+,29+,30+,31+/m1/s1. The average Bonchev–Trinajstić information content (AvgIpc) is 3.81. The first-order chi connectivity index (χ1) is 26.3. The maximum atomic E-state index is 14.1. The summed E-state index contributed by atoms with van der Waals surface area (Å²) in [6.07, 6.45) is 3.72. The third-order valence-electron chi connectivity index (χ3n) is 10.1. The van der Waals surface area contributed by atoms with E-state index in [1.54, 1.807) is 12.1 Å². The van der Waals surface area contributed by atoms with E-state index in [2.05, 4.69) is 16.0 Å². The number of nitrogens with zero attached hydrogens (tertiary/aromatic N) is 2. The number of phenolic OH excluding ortho intramolecular Hbond substituents is 1. The number of carboxylic acid groups (broad SMARTS) is 1. The van der Waals surface area contributed by atoms with E-state index in [-0.39, 0.29) is 44.5 Å². The highest BCUT2D eigenvalue weighted by molar-refractivity contribution is 5.97. The molecule has 2 saturated heterocycles. The Morgan fingerprint density at radius 1 is 0.727 bits per heavy atom. The lowest BCUT2D eigenvalue weighted by molar-refractivity contribution is -0.145. The van der Waals surface area contributed by atoms with Crippen LogP contribution in [0.3, 0.4) is 0 Å². The summed E-state index contributed by atoms with van der Waals surface area (Å²) in [6, 6.07) is -0.511. The third-order valence-corrected chi connectivity index (χ3v) is 10.1. The zero-order valence-corrected chi connectivity index (χ0v) is 31.6. The van der Waals surface area contributed by atoms with E-state index in [4.69, 9.17) is 22.9 Å². The molecule has 308 valence electrons. The minimum atomic E-state index is -1.27. The molecule has 7 atom stereocenters. The molecule has 2 fully saturated rings. The monoisotopic (exact) mass is 775 g/mol. The van der Waals surface area contributed by atoms with Gasteiger partial charge in [0, 0.05) is 25.9 Å². The fraction of sp³-hybridized carbons (Fsp3) is 0.676. The van der Waals surface area contributed by atoms with Gasteiger partial charge in [-0.25, -0.2) is 4.79 Å². The number of likely N-dealkylation sites (tertiary alicyclic amines) is 2. The fourth-order valence-corrected chi connectivity index (χ4v) is 7.04. The smallest absolute Gasteiger partial charge is 0.326 e. The lowest BCUT2D eigenvalue weighted by Gasteiger charge is -2.31. The van der Waals surface area contributed by atoms with Gasteiger partial charge >= 0.3 is 5.97 Å². The Bertz CT molecular complexity index is 1430. The number of nitrogens with one attached hydrogen (secondary N) is 3. The van der Waals surface area contributed by atoms with Crippen molar-refractivity contribution in [1.29, 1.82) is 0 Å². The molecule has 55 heavy (non-hydrogen) atoms. The number of β-amino-alcohol motifs (C(OH)–C–C–N with tert-alkyl or cyclic N) is 1. The van der Waals surface area contributed by atoms with E-state index in [1.807, 2.05) is 0 Å². The second-order valence-corrected chi connectivity index (χ2v) is 14.4. The summed E-state index contributed by atoms with van der Waals surface area (Å²) in [5.41, 5.74) is 23.6. The van der Waals surface area contributed by atoms with Crippen molar-refractivity contribution in [2.24, 2.45) is 22.9 Å². The van der Waals surface area contributed by atoms with Gasteiger partial charge in [0.2, 0.25) is 29.5 Å². The molecule has 0 aliphatic carbocycles. The van der Waals surface area contributed by atoms with Crippen LogP contribution in [-0.2, 0) is 35.2 Å². The van der Waals surface area contributed by atoms with Crippen molar-refractivity contribution >= 4 is 35.5 Å². The Morgan fingerprint density at radius 2 is 1.29 bits per heavy atom. The Labute approximate surface area is 322 Å². The Balaban J connectivity index is 1.83. The van der Waals surface area contributed by atoms with Crippen molar-refractivity contribution in [2.75, 3.05) is 32.7 Å². The van der Waals surface area contributed by atoms with Gasteiger partial charge < -0.3 is 64.0 Å². The molecule has 2 aliphatic heterocycles. The van der Waals surface area contributed by atoms with Crippen molar-refractivity contribution in [1.82, 2.24) is 25.8 Å². The number of unbranched alkanes of at least 4 members (excludes halogenated alkanes) is 3. The van der Waals surface area contributed by atoms with Crippen molar-refractivity contribution in [2.45, 2.75) is 126 Å². The predicted octanol–water partition coefficient (Wildman–Crippen LogP) is -1.86. The van der Waals surface area contributed by atoms with Gasteiger partial charge in [0.15, 0.2) is 0 Å². The molecule has 0 bridgehead atoms. The zero-order chi connectivity index (χ0) is 40.5. The van der Waals surface area contributed by atoms with E-state index >= 15 is 0 Å². The number of aromatic hydroxyl groups is 1. The van der Waals surface area contributed by atoms with Crippen LogP contribution in [0.5, 0.6) is 5.75 Å². The largest absolute Gasteiger partial charge is 0.508 e. The van der Waals surface area contributed by atoms with Gasteiger partial charge in [-0.3, -0.25) is 24.0 Å². The Hall–Kier alpha value is -4.36. The number of carbonyl (C=O) groups is 6. The van der Waals surface area contributed by atoms with E-state index < -0.39 is 77.9 Å². The fourth-order valence-electron chi connectivity index (χ4n) is 7.04. The maximum absolute atomic E-state index is 14.1. The number of benzene rings is 1. The van der Waals surface area contributed by atoms with Gasteiger partial charge in [-0.2, -0.15) is 0 Å². The zero-order valence-electron chi connectivity index (χ0n) is 31.6. The van der Waals surface area contributed by atoms with Gasteiger partial charge in [-0.1, -0.05) is 18.6 Å². The molecule has 14 N–H and O–H groups in total. The number of nitrogens with two attached hydrogens (primary N) is 4. The number of carbonyl (C=O) groups excluding carboxylic acids is 5. The molecule has 2 heterocycles. The second-order valence-electron chi connectivity index (χ2n) is 14.4. The molecule has 0 spiro atoms. The summed E-state index contributed by atoms with van der Waals surface area (Å²) in [6.45, 7) is 1.26. The van der Waals surface area contributed by atoms with Crippen molar-refractivity contribution in [3.8, 4) is 5.75 Å². The number of hydrogen-bond donors (Lipinski definition) is 10. The minimum absolute atomic E-state index is 0.00862. The van der Waals surface area contributed by atoms with Gasteiger partial charge in [0.25, 0.3) is 0 Å². The van der Waals surface area contributed by atoms with E-state index in [0.717, 1.165) is 0 Å². The average molecular weight is 776 g/mol. The highest BCUT2D eigenvalue weighted by Gasteiger charge is 2.42. The number of rotatable bonds is 23. The quantitative estimate of drug-likeness (QED) is 0.0547. The number of hydrogen-bond acceptors (Lipinski definition) is 12. The summed E-state index contributed by atoms with van der Waals surface area (Å²) in [5.74, 6) is -4.26. The summed E-state index contributed by atoms with van der Waals surface area (Å²) in [4.78, 5) is 83.3. The molecule has 5 amide bonds. The first-order valence-corrected chi connectivity index (χ1v) is 19.4. The lowest BCUT2D eigenvalue weighted by Crippen LogP contribution is -2.59. The predicted molar refractivity (Wildman–Crippen MR) is 203 cm³/mol. The number of aliphatic carboxylic acids is 1. The van der Waals surface area contributed by atoms with Crippen LogP contribution in [0.2, 0.25) is 0 Å². The van der Waals surface area contributed by atoms with Crippen LogP contribution < -0.4 is 38.9 Å². The van der Waals surface area contributed by atoms with Crippen molar-refractivity contribution in [3.63, 3.8) is 0 Å². The summed E-state index contributed by atoms with van der Waals surface area (Å²) >= 11 is 0. The molecule has 1 aromatic rings. The number of amides is 5. The molecule has 3 rings (SSSR count). The van der Waals surface area contributed by atoms with E-state index in [9.17, 15) is 44.1 Å². The molecule has 2 aliphatic rings. The highest BCUT2D eigenvalue weighted by atomic mass is 16.4. The van der Waals surface area contributed by atoms with Crippen molar-refractivity contribution in [3.05, 3.63) is 29.8 Å². The second kappa shape index (κ2) is 22.9. The summed E-state index contributed by atoms with van der Waals surface area (Å²) < 4.78 is 0. The highest BCUT2D eigenvalue weighted by Crippen LogP contribution is 2.23. The topological polar surface area (TPSA) is 310 Å². The maximum Gasteiger partial charge on any atom is 0.326 e. The van der Waals surface area contributed by atoms with Crippen LogP contribution in [0.25, 0.3) is 0 Å². The molecule has 18 nitrogen and oxygen atoms in total. The van der Waals surface area contributed by atoms with E-state index in [1.165, 1.54) is 21.9 Å². The first kappa shape index (κ1) is 45.0. The van der Waals surface area contributed by atoms with E-state index in [0.29, 0.717) is 83.0 Å². The van der Waals surface area contributed by atoms with Crippen LogP contribution in [0, 0.1) is 0 Å². The molecule has 1 aromatic carbocycles. The normalized spacial score (nSPS) is 20.3. The van der Waals surface area contributed by atoms with Gasteiger partial charge in [-0.05, 0) is 102 Å². The Kier molecular flexibility index (Phi) is 18.7.